The number of hydrogen-bond donors (Lipinski definition) is 1. The Balaban J connectivity index is 1.79. The molecule has 0 bridgehead atoms. The van der Waals surface area contributed by atoms with Crippen LogP contribution in [0.5, 0.6) is 0 Å². The molecule has 1 aliphatic heterocycles. The topological polar surface area (TPSA) is 29.3 Å². The van der Waals surface area contributed by atoms with Gasteiger partial charge in [0.1, 0.15) is 0 Å². The van der Waals surface area contributed by atoms with E-state index in [0.29, 0.717) is 5.41 Å². The molecule has 0 aromatic heterocycles. The SMILES string of the molecule is CC(C)(C)C1CCC(CN2CCCCC2CCN)CC1. The van der Waals surface area contributed by atoms with Crippen molar-refractivity contribution in [2.75, 3.05) is 19.6 Å². The highest BCUT2D eigenvalue weighted by Gasteiger charge is 2.31. The van der Waals surface area contributed by atoms with Gasteiger partial charge in [0.05, 0.1) is 0 Å². The van der Waals surface area contributed by atoms with Crippen molar-refractivity contribution in [1.82, 2.24) is 4.90 Å². The van der Waals surface area contributed by atoms with Crippen LogP contribution in [-0.4, -0.2) is 30.6 Å². The second-order valence-corrected chi connectivity index (χ2v) is 8.31. The molecule has 1 atom stereocenters. The normalized spacial score (nSPS) is 33.3. The quantitative estimate of drug-likeness (QED) is 0.842. The van der Waals surface area contributed by atoms with Crippen molar-refractivity contribution in [2.24, 2.45) is 23.0 Å². The van der Waals surface area contributed by atoms with Crippen molar-refractivity contribution in [3.63, 3.8) is 0 Å². The fraction of sp³-hybridized carbons (Fsp3) is 1.00. The summed E-state index contributed by atoms with van der Waals surface area (Å²) in [6.45, 7) is 10.8. The fourth-order valence-corrected chi connectivity index (χ4v) is 4.36. The second kappa shape index (κ2) is 7.26. The zero-order chi connectivity index (χ0) is 14.6. The summed E-state index contributed by atoms with van der Waals surface area (Å²) in [6.07, 6.45) is 11.2. The third-order valence-electron chi connectivity index (χ3n) is 5.81. The van der Waals surface area contributed by atoms with E-state index in [0.717, 1.165) is 24.4 Å². The van der Waals surface area contributed by atoms with E-state index in [4.69, 9.17) is 5.73 Å². The van der Waals surface area contributed by atoms with Gasteiger partial charge in [-0.1, -0.05) is 27.2 Å². The minimum Gasteiger partial charge on any atom is -0.330 e. The third-order valence-corrected chi connectivity index (χ3v) is 5.81. The van der Waals surface area contributed by atoms with E-state index in [2.05, 4.69) is 25.7 Å². The smallest absolute Gasteiger partial charge is 0.0107 e. The number of piperidine rings is 1. The van der Waals surface area contributed by atoms with Gasteiger partial charge in [0.15, 0.2) is 0 Å². The molecule has 0 radical (unpaired) electrons. The van der Waals surface area contributed by atoms with Crippen LogP contribution in [0.4, 0.5) is 0 Å². The van der Waals surface area contributed by atoms with E-state index in [9.17, 15) is 0 Å². The Morgan fingerprint density at radius 2 is 1.70 bits per heavy atom. The van der Waals surface area contributed by atoms with Crippen LogP contribution in [0.25, 0.3) is 0 Å². The maximum Gasteiger partial charge on any atom is 0.0107 e. The predicted molar refractivity (Wildman–Crippen MR) is 87.8 cm³/mol. The standard InChI is InChI=1S/C18H36N2/c1-18(2,3)16-9-7-15(8-10-16)14-20-13-5-4-6-17(20)11-12-19/h15-17H,4-14,19H2,1-3H3. The van der Waals surface area contributed by atoms with Crippen molar-refractivity contribution in [3.05, 3.63) is 0 Å². The molecule has 118 valence electrons. The Kier molecular flexibility index (Phi) is 5.92. The molecule has 1 saturated carbocycles. The van der Waals surface area contributed by atoms with E-state index in [1.807, 2.05) is 0 Å². The molecule has 2 heteroatoms. The van der Waals surface area contributed by atoms with Gasteiger partial charge in [0.2, 0.25) is 0 Å². The molecule has 0 amide bonds. The highest BCUT2D eigenvalue weighted by Crippen LogP contribution is 2.40. The van der Waals surface area contributed by atoms with E-state index in [-0.39, 0.29) is 0 Å². The summed E-state index contributed by atoms with van der Waals surface area (Å²) < 4.78 is 0. The van der Waals surface area contributed by atoms with Gasteiger partial charge in [0.25, 0.3) is 0 Å². The lowest BCUT2D eigenvalue weighted by atomic mass is 9.69. The molecule has 20 heavy (non-hydrogen) atoms. The lowest BCUT2D eigenvalue weighted by molar-refractivity contribution is 0.0846. The highest BCUT2D eigenvalue weighted by atomic mass is 15.2. The third kappa shape index (κ3) is 4.46. The molecule has 1 aliphatic carbocycles. The van der Waals surface area contributed by atoms with Crippen LogP contribution < -0.4 is 5.73 Å². The number of rotatable bonds is 4. The summed E-state index contributed by atoms with van der Waals surface area (Å²) in [5.41, 5.74) is 6.31. The van der Waals surface area contributed by atoms with Crippen LogP contribution >= 0.6 is 0 Å². The Bertz CT molecular complexity index is 272. The molecule has 1 heterocycles. The highest BCUT2D eigenvalue weighted by molar-refractivity contribution is 4.84. The summed E-state index contributed by atoms with van der Waals surface area (Å²) >= 11 is 0. The molecule has 0 aromatic rings. The maximum atomic E-state index is 5.79. The lowest BCUT2D eigenvalue weighted by Gasteiger charge is -2.41. The van der Waals surface area contributed by atoms with Crippen molar-refractivity contribution >= 4 is 0 Å². The van der Waals surface area contributed by atoms with Gasteiger partial charge >= 0.3 is 0 Å². The summed E-state index contributed by atoms with van der Waals surface area (Å²) in [6, 6.07) is 0.786. The van der Waals surface area contributed by atoms with E-state index in [1.165, 1.54) is 64.5 Å². The minimum absolute atomic E-state index is 0.512. The lowest BCUT2D eigenvalue weighted by Crippen LogP contribution is -2.44. The minimum atomic E-state index is 0.512. The fourth-order valence-electron chi connectivity index (χ4n) is 4.36. The number of likely N-dealkylation sites (tertiary alicyclic amines) is 1. The first-order chi connectivity index (χ1) is 9.50. The molecule has 0 aromatic carbocycles. The Hall–Kier alpha value is -0.0800. The van der Waals surface area contributed by atoms with E-state index in [1.54, 1.807) is 0 Å². The molecule has 0 spiro atoms. The number of hydrogen-bond acceptors (Lipinski definition) is 2. The largest absolute Gasteiger partial charge is 0.330 e. The van der Waals surface area contributed by atoms with Crippen LogP contribution in [0.15, 0.2) is 0 Å². The summed E-state index contributed by atoms with van der Waals surface area (Å²) in [5, 5.41) is 0. The van der Waals surface area contributed by atoms with Crippen molar-refractivity contribution in [3.8, 4) is 0 Å². The summed E-state index contributed by atoms with van der Waals surface area (Å²) in [4.78, 5) is 2.78. The second-order valence-electron chi connectivity index (χ2n) is 8.31. The maximum absolute atomic E-state index is 5.79. The molecular formula is C18H36N2. The summed E-state index contributed by atoms with van der Waals surface area (Å²) in [7, 11) is 0. The average Bonchev–Trinajstić information content (AvgIpc) is 2.41. The monoisotopic (exact) mass is 280 g/mol. The first kappa shape index (κ1) is 16.3. The van der Waals surface area contributed by atoms with Gasteiger partial charge < -0.3 is 10.6 Å². The zero-order valence-corrected chi connectivity index (χ0v) is 14.0. The van der Waals surface area contributed by atoms with Gasteiger partial charge in [-0.2, -0.15) is 0 Å². The average molecular weight is 280 g/mol. The van der Waals surface area contributed by atoms with Gasteiger partial charge in [-0.3, -0.25) is 0 Å². The van der Waals surface area contributed by atoms with Crippen LogP contribution in [0.3, 0.4) is 0 Å². The number of nitrogens with zero attached hydrogens (tertiary/aromatic N) is 1. The Morgan fingerprint density at radius 3 is 2.30 bits per heavy atom. The number of nitrogens with two attached hydrogens (primary N) is 1. The van der Waals surface area contributed by atoms with Crippen molar-refractivity contribution in [1.29, 1.82) is 0 Å². The Morgan fingerprint density at radius 1 is 1.00 bits per heavy atom. The first-order valence-corrected chi connectivity index (χ1v) is 8.95. The van der Waals surface area contributed by atoms with Crippen molar-refractivity contribution in [2.45, 2.75) is 78.2 Å². The van der Waals surface area contributed by atoms with E-state index < -0.39 is 0 Å². The molecule has 2 N–H and O–H groups in total. The molecule has 1 saturated heterocycles. The van der Waals surface area contributed by atoms with Gasteiger partial charge in [-0.25, -0.2) is 0 Å². The van der Waals surface area contributed by atoms with Crippen molar-refractivity contribution < 1.29 is 0 Å². The van der Waals surface area contributed by atoms with Crippen LogP contribution in [0.1, 0.15) is 72.1 Å². The summed E-state index contributed by atoms with van der Waals surface area (Å²) in [5.74, 6) is 1.90. The molecule has 2 fully saturated rings. The molecule has 2 nitrogen and oxygen atoms in total. The molecule has 2 rings (SSSR count). The molecular weight excluding hydrogens is 244 g/mol. The zero-order valence-electron chi connectivity index (χ0n) is 14.0. The van der Waals surface area contributed by atoms with Gasteiger partial charge in [-0.05, 0) is 75.3 Å². The van der Waals surface area contributed by atoms with Crippen LogP contribution in [-0.2, 0) is 0 Å². The van der Waals surface area contributed by atoms with Crippen LogP contribution in [0, 0.1) is 17.3 Å². The molecule has 1 unspecified atom stereocenters. The van der Waals surface area contributed by atoms with E-state index >= 15 is 0 Å². The predicted octanol–water partition coefficient (Wildman–Crippen LogP) is 4.04. The van der Waals surface area contributed by atoms with Crippen LogP contribution in [0.2, 0.25) is 0 Å². The Labute approximate surface area is 126 Å². The molecule has 2 aliphatic rings. The first-order valence-electron chi connectivity index (χ1n) is 8.95. The van der Waals surface area contributed by atoms with Gasteiger partial charge in [0, 0.05) is 12.6 Å². The van der Waals surface area contributed by atoms with Gasteiger partial charge in [-0.15, -0.1) is 0 Å².